The van der Waals surface area contributed by atoms with Crippen LogP contribution in [0.3, 0.4) is 0 Å². The molecule has 2 rings (SSSR count). The van der Waals surface area contributed by atoms with Gasteiger partial charge in [0.25, 0.3) is 9.05 Å². The first kappa shape index (κ1) is 17.2. The zero-order valence-corrected chi connectivity index (χ0v) is 14.5. The maximum absolute atomic E-state index is 12.5. The molecular formula is C14H16ClNO4S2. The molecule has 5 nitrogen and oxygen atoms in total. The molecule has 0 aromatic heterocycles. The van der Waals surface area contributed by atoms with E-state index in [1.807, 2.05) is 0 Å². The average Bonchev–Trinajstić information content (AvgIpc) is 2.46. The van der Waals surface area contributed by atoms with Gasteiger partial charge in [0.2, 0.25) is 10.0 Å². The van der Waals surface area contributed by atoms with Crippen LogP contribution in [-0.4, -0.2) is 34.2 Å². The van der Waals surface area contributed by atoms with E-state index in [1.54, 1.807) is 26.0 Å². The summed E-state index contributed by atoms with van der Waals surface area (Å²) >= 11 is 0. The van der Waals surface area contributed by atoms with E-state index in [0.717, 1.165) is 0 Å². The molecule has 0 saturated heterocycles. The van der Waals surface area contributed by atoms with E-state index < -0.39 is 19.1 Å². The van der Waals surface area contributed by atoms with Crippen molar-refractivity contribution in [2.24, 2.45) is 0 Å². The molecule has 0 unspecified atom stereocenters. The number of fused-ring (bicyclic) bond motifs is 1. The molecule has 0 bridgehead atoms. The van der Waals surface area contributed by atoms with Crippen LogP contribution in [0.1, 0.15) is 13.8 Å². The van der Waals surface area contributed by atoms with Crippen LogP contribution >= 0.6 is 10.7 Å². The highest BCUT2D eigenvalue weighted by molar-refractivity contribution is 8.13. The highest BCUT2D eigenvalue weighted by Gasteiger charge is 2.21. The van der Waals surface area contributed by atoms with E-state index in [1.165, 1.54) is 28.6 Å². The maximum atomic E-state index is 12.5. The molecule has 0 N–H and O–H groups in total. The Balaban J connectivity index is 2.57. The van der Waals surface area contributed by atoms with E-state index in [2.05, 4.69) is 0 Å². The van der Waals surface area contributed by atoms with Crippen molar-refractivity contribution in [3.63, 3.8) is 0 Å². The Morgan fingerprint density at radius 3 is 1.77 bits per heavy atom. The predicted molar refractivity (Wildman–Crippen MR) is 87.1 cm³/mol. The van der Waals surface area contributed by atoms with Gasteiger partial charge in [-0.15, -0.1) is 0 Å². The molecule has 0 heterocycles. The number of hydrogen-bond donors (Lipinski definition) is 0. The van der Waals surface area contributed by atoms with Gasteiger partial charge in [0.05, 0.1) is 9.79 Å². The van der Waals surface area contributed by atoms with Crippen molar-refractivity contribution >= 4 is 40.5 Å². The number of sulfonamides is 1. The molecule has 0 aliphatic carbocycles. The van der Waals surface area contributed by atoms with Gasteiger partial charge in [0, 0.05) is 23.8 Å². The largest absolute Gasteiger partial charge is 0.261 e. The van der Waals surface area contributed by atoms with E-state index >= 15 is 0 Å². The summed E-state index contributed by atoms with van der Waals surface area (Å²) in [6, 6.07) is 8.92. The van der Waals surface area contributed by atoms with Crippen molar-refractivity contribution < 1.29 is 16.8 Å². The quantitative estimate of drug-likeness (QED) is 0.768. The minimum Gasteiger partial charge on any atom is -0.207 e. The summed E-state index contributed by atoms with van der Waals surface area (Å²) in [5, 5.41) is 1.25. The summed E-state index contributed by atoms with van der Waals surface area (Å²) in [6.07, 6.45) is 0. The molecule has 0 fully saturated rings. The Labute approximate surface area is 135 Å². The van der Waals surface area contributed by atoms with Crippen molar-refractivity contribution in [2.45, 2.75) is 23.6 Å². The monoisotopic (exact) mass is 361 g/mol. The molecule has 8 heteroatoms. The minimum absolute atomic E-state index is 0.0129. The van der Waals surface area contributed by atoms with E-state index in [9.17, 15) is 16.8 Å². The highest BCUT2D eigenvalue weighted by atomic mass is 35.7. The molecule has 0 amide bonds. The molecular weight excluding hydrogens is 346 g/mol. The Kier molecular flexibility index (Phi) is 4.81. The van der Waals surface area contributed by atoms with Gasteiger partial charge in [-0.05, 0) is 35.0 Å². The Morgan fingerprint density at radius 2 is 1.32 bits per heavy atom. The lowest BCUT2D eigenvalue weighted by Gasteiger charge is -2.18. The molecule has 0 saturated carbocycles. The van der Waals surface area contributed by atoms with Crippen molar-refractivity contribution in [1.82, 2.24) is 4.31 Å². The van der Waals surface area contributed by atoms with Crippen LogP contribution < -0.4 is 0 Å². The van der Waals surface area contributed by atoms with Gasteiger partial charge in [-0.25, -0.2) is 16.8 Å². The number of hydrogen-bond acceptors (Lipinski definition) is 4. The third-order valence-electron chi connectivity index (χ3n) is 3.41. The van der Waals surface area contributed by atoms with E-state index in [-0.39, 0.29) is 9.79 Å². The smallest absolute Gasteiger partial charge is 0.207 e. The Hall–Kier alpha value is -1.15. The third kappa shape index (κ3) is 3.27. The van der Waals surface area contributed by atoms with Gasteiger partial charge in [0.15, 0.2) is 0 Å². The molecule has 0 atom stereocenters. The van der Waals surface area contributed by atoms with Gasteiger partial charge in [-0.2, -0.15) is 4.31 Å². The van der Waals surface area contributed by atoms with E-state index in [0.29, 0.717) is 23.9 Å². The fraction of sp³-hybridized carbons (Fsp3) is 0.286. The molecule has 0 spiro atoms. The molecule has 0 aliphatic rings. The van der Waals surface area contributed by atoms with Crippen LogP contribution in [-0.2, 0) is 19.1 Å². The van der Waals surface area contributed by atoms with E-state index in [4.69, 9.17) is 10.7 Å². The van der Waals surface area contributed by atoms with Gasteiger partial charge in [0.1, 0.15) is 0 Å². The summed E-state index contributed by atoms with van der Waals surface area (Å²) in [5.74, 6) is 0. The zero-order chi connectivity index (χ0) is 16.5. The van der Waals surface area contributed by atoms with Crippen molar-refractivity contribution in [3.8, 4) is 0 Å². The minimum atomic E-state index is -3.81. The van der Waals surface area contributed by atoms with Crippen molar-refractivity contribution in [3.05, 3.63) is 36.4 Å². The van der Waals surface area contributed by atoms with Crippen LogP contribution in [0.25, 0.3) is 10.8 Å². The SMILES string of the molecule is CCN(CC)S(=O)(=O)c1ccc2cc(S(=O)(=O)Cl)ccc2c1. The van der Waals surface area contributed by atoms with Crippen molar-refractivity contribution in [1.29, 1.82) is 0 Å². The molecule has 22 heavy (non-hydrogen) atoms. The molecule has 2 aromatic rings. The molecule has 0 aliphatic heterocycles. The lowest BCUT2D eigenvalue weighted by atomic mass is 10.1. The topological polar surface area (TPSA) is 71.5 Å². The lowest BCUT2D eigenvalue weighted by Crippen LogP contribution is -2.30. The van der Waals surface area contributed by atoms with Gasteiger partial charge < -0.3 is 0 Å². The van der Waals surface area contributed by atoms with Crippen LogP contribution in [0.4, 0.5) is 0 Å². The fourth-order valence-corrected chi connectivity index (χ4v) is 4.51. The highest BCUT2D eigenvalue weighted by Crippen LogP contribution is 2.25. The van der Waals surface area contributed by atoms with Gasteiger partial charge >= 0.3 is 0 Å². The first-order chi connectivity index (χ1) is 10.2. The number of rotatable bonds is 5. The molecule has 0 radical (unpaired) electrons. The van der Waals surface area contributed by atoms with Crippen LogP contribution in [0.15, 0.2) is 46.2 Å². The summed E-state index contributed by atoms with van der Waals surface area (Å²) < 4.78 is 49.0. The first-order valence-electron chi connectivity index (χ1n) is 6.68. The molecule has 120 valence electrons. The van der Waals surface area contributed by atoms with Crippen LogP contribution in [0, 0.1) is 0 Å². The Morgan fingerprint density at radius 1 is 0.864 bits per heavy atom. The third-order valence-corrected chi connectivity index (χ3v) is 6.81. The second-order valence-electron chi connectivity index (χ2n) is 4.70. The van der Waals surface area contributed by atoms with Gasteiger partial charge in [-0.1, -0.05) is 26.0 Å². The normalized spacial score (nSPS) is 12.9. The summed E-state index contributed by atoms with van der Waals surface area (Å²) in [6.45, 7) is 4.33. The summed E-state index contributed by atoms with van der Waals surface area (Å²) in [7, 11) is -2.04. The summed E-state index contributed by atoms with van der Waals surface area (Å²) in [5.41, 5.74) is 0. The van der Waals surface area contributed by atoms with Crippen LogP contribution in [0.2, 0.25) is 0 Å². The molecule has 2 aromatic carbocycles. The number of benzene rings is 2. The number of halogens is 1. The van der Waals surface area contributed by atoms with Crippen LogP contribution in [0.5, 0.6) is 0 Å². The summed E-state index contributed by atoms with van der Waals surface area (Å²) in [4.78, 5) is 0.172. The fourth-order valence-electron chi connectivity index (χ4n) is 2.23. The average molecular weight is 362 g/mol. The Bertz CT molecular complexity index is 904. The standard InChI is InChI=1S/C14H16ClNO4S2/c1-3-16(4-2)22(19,20)14-8-6-11-9-13(21(15,17)18)7-5-12(11)10-14/h5-10H,3-4H2,1-2H3. The van der Waals surface area contributed by atoms with Gasteiger partial charge in [-0.3, -0.25) is 0 Å². The predicted octanol–water partition coefficient (Wildman–Crippen LogP) is 2.80. The second kappa shape index (κ2) is 6.16. The zero-order valence-electron chi connectivity index (χ0n) is 12.2. The van der Waals surface area contributed by atoms with Crippen molar-refractivity contribution in [2.75, 3.05) is 13.1 Å². The number of nitrogens with zero attached hydrogens (tertiary/aromatic N) is 1. The lowest BCUT2D eigenvalue weighted by molar-refractivity contribution is 0.445. The maximum Gasteiger partial charge on any atom is 0.261 e. The first-order valence-corrected chi connectivity index (χ1v) is 10.4. The second-order valence-corrected chi connectivity index (χ2v) is 9.20.